The lowest BCUT2D eigenvalue weighted by Crippen LogP contribution is -2.35. The van der Waals surface area contributed by atoms with Crippen LogP contribution in [0.3, 0.4) is 0 Å². The topological polar surface area (TPSA) is 106 Å². The van der Waals surface area contributed by atoms with Gasteiger partial charge in [-0.25, -0.2) is 8.42 Å². The van der Waals surface area contributed by atoms with Crippen molar-refractivity contribution in [2.24, 2.45) is 0 Å². The fourth-order valence-electron chi connectivity index (χ4n) is 2.81. The molecule has 0 spiro atoms. The summed E-state index contributed by atoms with van der Waals surface area (Å²) in [6, 6.07) is 19.4. The first kappa shape index (κ1) is 22.7. The molecule has 0 saturated heterocycles. The lowest BCUT2D eigenvalue weighted by atomic mass is 10.2. The molecule has 32 heavy (non-hydrogen) atoms. The summed E-state index contributed by atoms with van der Waals surface area (Å²) in [4.78, 5) is 12.5. The second-order valence-corrected chi connectivity index (χ2v) is 8.30. The average molecular weight is 454 g/mol. The molecule has 0 bridgehead atoms. The standard InChI is InChI=1S/C23H23N3O5S/c1-16(17-11-13-19(30-2)14-12-17)24-25-23(27)18-7-6-8-20(15-18)32(28,29)26-21-9-4-5-10-22(21)31-3/h4-15,24,26H,1H2,2-3H3,(H,25,27). The van der Waals surface area contributed by atoms with Crippen molar-refractivity contribution in [2.45, 2.75) is 4.90 Å². The molecular formula is C23H23N3O5S. The Bertz CT molecular complexity index is 1220. The lowest BCUT2D eigenvalue weighted by molar-refractivity contribution is 0.0942. The summed E-state index contributed by atoms with van der Waals surface area (Å²) in [6.07, 6.45) is 0. The van der Waals surface area contributed by atoms with Crippen LogP contribution >= 0.6 is 0 Å². The van der Waals surface area contributed by atoms with E-state index in [-0.39, 0.29) is 10.5 Å². The van der Waals surface area contributed by atoms with E-state index in [0.717, 1.165) is 5.56 Å². The molecule has 0 saturated carbocycles. The molecule has 0 heterocycles. The van der Waals surface area contributed by atoms with E-state index in [4.69, 9.17) is 9.47 Å². The zero-order valence-corrected chi connectivity index (χ0v) is 18.4. The largest absolute Gasteiger partial charge is 0.497 e. The van der Waals surface area contributed by atoms with Gasteiger partial charge < -0.3 is 9.47 Å². The molecule has 0 aliphatic rings. The normalized spacial score (nSPS) is 10.7. The molecule has 0 aliphatic heterocycles. The van der Waals surface area contributed by atoms with Crippen LogP contribution in [-0.4, -0.2) is 28.5 Å². The predicted molar refractivity (Wildman–Crippen MR) is 123 cm³/mol. The van der Waals surface area contributed by atoms with Crippen molar-refractivity contribution in [3.05, 3.63) is 90.5 Å². The number of amides is 1. The smallest absolute Gasteiger partial charge is 0.269 e. The number of carbonyl (C=O) groups is 1. The van der Waals surface area contributed by atoms with Crippen LogP contribution in [-0.2, 0) is 10.0 Å². The van der Waals surface area contributed by atoms with E-state index in [0.29, 0.717) is 22.9 Å². The van der Waals surface area contributed by atoms with Crippen molar-refractivity contribution in [3.8, 4) is 11.5 Å². The summed E-state index contributed by atoms with van der Waals surface area (Å²) in [5, 5.41) is 0. The SMILES string of the molecule is C=C(NNC(=O)c1cccc(S(=O)(=O)Nc2ccccc2OC)c1)c1ccc(OC)cc1. The van der Waals surface area contributed by atoms with E-state index < -0.39 is 15.9 Å². The van der Waals surface area contributed by atoms with E-state index in [9.17, 15) is 13.2 Å². The highest BCUT2D eigenvalue weighted by Crippen LogP contribution is 2.26. The Balaban J connectivity index is 1.70. The molecule has 3 aromatic rings. The van der Waals surface area contributed by atoms with Gasteiger partial charge in [-0.3, -0.25) is 20.4 Å². The molecule has 0 radical (unpaired) electrons. The Morgan fingerprint density at radius 1 is 0.844 bits per heavy atom. The molecule has 0 aliphatic carbocycles. The van der Waals surface area contributed by atoms with E-state index >= 15 is 0 Å². The fourth-order valence-corrected chi connectivity index (χ4v) is 3.92. The predicted octanol–water partition coefficient (Wildman–Crippen LogP) is 3.41. The number of hydrogen-bond acceptors (Lipinski definition) is 6. The van der Waals surface area contributed by atoms with Gasteiger partial charge in [-0.05, 0) is 60.2 Å². The lowest BCUT2D eigenvalue weighted by Gasteiger charge is -2.13. The van der Waals surface area contributed by atoms with Crippen LogP contribution in [0, 0.1) is 0 Å². The zero-order chi connectivity index (χ0) is 23.1. The quantitative estimate of drug-likeness (QED) is 0.429. The molecule has 0 fully saturated rings. The summed E-state index contributed by atoms with van der Waals surface area (Å²) in [5.74, 6) is 0.561. The maximum absolute atomic E-state index is 12.8. The molecule has 3 aromatic carbocycles. The van der Waals surface area contributed by atoms with Crippen molar-refractivity contribution in [3.63, 3.8) is 0 Å². The third kappa shape index (κ3) is 5.38. The Morgan fingerprint density at radius 3 is 2.25 bits per heavy atom. The van der Waals surface area contributed by atoms with E-state index in [1.807, 2.05) is 0 Å². The summed E-state index contributed by atoms with van der Waals surface area (Å²) in [7, 11) is -0.921. The van der Waals surface area contributed by atoms with Gasteiger partial charge in [0.05, 0.1) is 30.5 Å². The van der Waals surface area contributed by atoms with Gasteiger partial charge in [0, 0.05) is 5.56 Å². The number of ether oxygens (including phenoxy) is 2. The number of rotatable bonds is 9. The number of nitrogens with one attached hydrogen (secondary N) is 3. The minimum Gasteiger partial charge on any atom is -0.497 e. The Morgan fingerprint density at radius 2 is 1.56 bits per heavy atom. The number of hydrogen-bond donors (Lipinski definition) is 3. The molecule has 0 aromatic heterocycles. The highest BCUT2D eigenvalue weighted by Gasteiger charge is 2.18. The second-order valence-electron chi connectivity index (χ2n) is 6.62. The monoisotopic (exact) mass is 453 g/mol. The van der Waals surface area contributed by atoms with Gasteiger partial charge in [0.25, 0.3) is 15.9 Å². The number of hydrazine groups is 1. The molecular weight excluding hydrogens is 430 g/mol. The van der Waals surface area contributed by atoms with Crippen LogP contribution in [0.25, 0.3) is 5.70 Å². The maximum Gasteiger partial charge on any atom is 0.269 e. The van der Waals surface area contributed by atoms with E-state index in [1.165, 1.54) is 31.4 Å². The van der Waals surface area contributed by atoms with Crippen molar-refractivity contribution >= 4 is 27.3 Å². The molecule has 9 heteroatoms. The highest BCUT2D eigenvalue weighted by molar-refractivity contribution is 7.92. The van der Waals surface area contributed by atoms with Crippen molar-refractivity contribution in [1.29, 1.82) is 0 Å². The Labute approximate surface area is 186 Å². The molecule has 8 nitrogen and oxygen atoms in total. The van der Waals surface area contributed by atoms with Crippen LogP contribution < -0.4 is 25.0 Å². The minimum atomic E-state index is -3.94. The average Bonchev–Trinajstić information content (AvgIpc) is 2.82. The fraction of sp³-hybridized carbons (Fsp3) is 0.0870. The van der Waals surface area contributed by atoms with Gasteiger partial charge in [-0.1, -0.05) is 24.8 Å². The van der Waals surface area contributed by atoms with Gasteiger partial charge in [0.2, 0.25) is 0 Å². The van der Waals surface area contributed by atoms with E-state index in [2.05, 4.69) is 22.2 Å². The third-order valence-electron chi connectivity index (χ3n) is 4.52. The molecule has 3 N–H and O–H groups in total. The number of carbonyl (C=O) groups excluding carboxylic acids is 1. The summed E-state index contributed by atoms with van der Waals surface area (Å²) in [6.45, 7) is 3.88. The number of anilines is 1. The van der Waals surface area contributed by atoms with Gasteiger partial charge in [0.15, 0.2) is 0 Å². The minimum absolute atomic E-state index is 0.0648. The Kier molecular flexibility index (Phi) is 7.01. The van der Waals surface area contributed by atoms with Gasteiger partial charge >= 0.3 is 0 Å². The zero-order valence-electron chi connectivity index (χ0n) is 17.6. The van der Waals surface area contributed by atoms with Gasteiger partial charge in [-0.15, -0.1) is 0 Å². The Hall–Kier alpha value is -3.98. The third-order valence-corrected chi connectivity index (χ3v) is 5.89. The van der Waals surface area contributed by atoms with Crippen LogP contribution in [0.15, 0.2) is 84.3 Å². The van der Waals surface area contributed by atoms with Gasteiger partial charge in [0.1, 0.15) is 11.5 Å². The van der Waals surface area contributed by atoms with Crippen LogP contribution in [0.1, 0.15) is 15.9 Å². The van der Waals surface area contributed by atoms with Crippen molar-refractivity contribution < 1.29 is 22.7 Å². The first-order chi connectivity index (χ1) is 15.3. The number of sulfonamides is 1. The van der Waals surface area contributed by atoms with Gasteiger partial charge in [-0.2, -0.15) is 0 Å². The first-order valence-corrected chi connectivity index (χ1v) is 11.0. The molecule has 166 valence electrons. The van der Waals surface area contributed by atoms with E-state index in [1.54, 1.807) is 55.6 Å². The van der Waals surface area contributed by atoms with Crippen LogP contribution in [0.4, 0.5) is 5.69 Å². The summed E-state index contributed by atoms with van der Waals surface area (Å²) < 4.78 is 38.4. The highest BCUT2D eigenvalue weighted by atomic mass is 32.2. The first-order valence-electron chi connectivity index (χ1n) is 9.49. The molecule has 1 amide bonds. The van der Waals surface area contributed by atoms with Crippen molar-refractivity contribution in [2.75, 3.05) is 18.9 Å². The summed E-state index contributed by atoms with van der Waals surface area (Å²) >= 11 is 0. The molecule has 0 atom stereocenters. The summed E-state index contributed by atoms with van der Waals surface area (Å²) in [5.41, 5.74) is 6.91. The number of para-hydroxylation sites is 2. The molecule has 3 rings (SSSR count). The number of methoxy groups -OCH3 is 2. The van der Waals surface area contributed by atoms with Crippen molar-refractivity contribution in [1.82, 2.24) is 10.9 Å². The number of benzene rings is 3. The second kappa shape index (κ2) is 9.88. The molecule has 0 unspecified atom stereocenters. The van der Waals surface area contributed by atoms with Crippen LogP contribution in [0.5, 0.6) is 11.5 Å². The van der Waals surface area contributed by atoms with Crippen LogP contribution in [0.2, 0.25) is 0 Å². The maximum atomic E-state index is 12.8.